The summed E-state index contributed by atoms with van der Waals surface area (Å²) in [5.41, 5.74) is 1.16. The number of unbranched alkanes of at least 4 members (excludes halogenated alkanes) is 1. The van der Waals surface area contributed by atoms with Gasteiger partial charge >= 0.3 is 0 Å². The van der Waals surface area contributed by atoms with Crippen LogP contribution in [0.15, 0.2) is 24.0 Å². The van der Waals surface area contributed by atoms with Gasteiger partial charge in [-0.3, -0.25) is 0 Å². The lowest BCUT2D eigenvalue weighted by Crippen LogP contribution is -1.79. The standard InChI is InChI=1S/C9H14O/c1-3-4-5-9-8(2)6-7-10-9/h5H,2-4,6-7H2,1H3/b9-5+. The minimum absolute atomic E-state index is 0.828. The van der Waals surface area contributed by atoms with Crippen LogP contribution in [0.3, 0.4) is 0 Å². The van der Waals surface area contributed by atoms with Gasteiger partial charge in [0.15, 0.2) is 0 Å². The molecule has 0 aromatic rings. The van der Waals surface area contributed by atoms with Gasteiger partial charge in [0, 0.05) is 6.42 Å². The number of hydrogen-bond donors (Lipinski definition) is 0. The molecule has 0 aromatic heterocycles. The van der Waals surface area contributed by atoms with E-state index in [1.807, 2.05) is 0 Å². The Bertz CT molecular complexity index is 156. The third-order valence-corrected chi connectivity index (χ3v) is 1.63. The summed E-state index contributed by atoms with van der Waals surface area (Å²) < 4.78 is 5.33. The van der Waals surface area contributed by atoms with E-state index in [1.165, 1.54) is 6.42 Å². The molecule has 0 radical (unpaired) electrons. The summed E-state index contributed by atoms with van der Waals surface area (Å²) in [4.78, 5) is 0. The Morgan fingerprint density at radius 3 is 3.00 bits per heavy atom. The maximum Gasteiger partial charge on any atom is 0.118 e. The molecule has 1 fully saturated rings. The highest BCUT2D eigenvalue weighted by atomic mass is 16.5. The molecule has 0 N–H and O–H groups in total. The Morgan fingerprint density at radius 1 is 1.70 bits per heavy atom. The zero-order valence-corrected chi connectivity index (χ0v) is 6.52. The molecule has 0 aliphatic carbocycles. The van der Waals surface area contributed by atoms with Gasteiger partial charge in [0.05, 0.1) is 6.61 Å². The molecule has 0 amide bonds. The summed E-state index contributed by atoms with van der Waals surface area (Å²) >= 11 is 0. The average Bonchev–Trinajstić information content (AvgIpc) is 2.31. The fraction of sp³-hybridized carbons (Fsp3) is 0.556. The van der Waals surface area contributed by atoms with Gasteiger partial charge in [0.2, 0.25) is 0 Å². The predicted octanol–water partition coefficient (Wildman–Crippen LogP) is 2.65. The first-order valence-corrected chi connectivity index (χ1v) is 3.85. The van der Waals surface area contributed by atoms with Gasteiger partial charge in [-0.2, -0.15) is 0 Å². The minimum Gasteiger partial charge on any atom is -0.493 e. The molecule has 1 rings (SSSR count). The van der Waals surface area contributed by atoms with E-state index in [0.717, 1.165) is 30.8 Å². The quantitative estimate of drug-likeness (QED) is 0.570. The zero-order valence-electron chi connectivity index (χ0n) is 6.52. The Morgan fingerprint density at radius 2 is 2.50 bits per heavy atom. The molecule has 1 saturated heterocycles. The number of ether oxygens (including phenoxy) is 1. The van der Waals surface area contributed by atoms with Crippen LogP contribution in [0.25, 0.3) is 0 Å². The monoisotopic (exact) mass is 138 g/mol. The predicted molar refractivity (Wildman–Crippen MR) is 42.7 cm³/mol. The normalized spacial score (nSPS) is 21.7. The van der Waals surface area contributed by atoms with Crippen molar-refractivity contribution in [3.63, 3.8) is 0 Å². The summed E-state index contributed by atoms with van der Waals surface area (Å²) in [5.74, 6) is 1.03. The van der Waals surface area contributed by atoms with Crippen molar-refractivity contribution in [3.8, 4) is 0 Å². The number of rotatable bonds is 2. The molecule has 1 heteroatoms. The summed E-state index contributed by atoms with van der Waals surface area (Å²) in [7, 11) is 0. The minimum atomic E-state index is 0.828. The van der Waals surface area contributed by atoms with E-state index in [-0.39, 0.29) is 0 Å². The number of allylic oxidation sites excluding steroid dienone is 2. The van der Waals surface area contributed by atoms with E-state index in [0.29, 0.717) is 0 Å². The van der Waals surface area contributed by atoms with Crippen molar-refractivity contribution in [2.75, 3.05) is 6.61 Å². The van der Waals surface area contributed by atoms with Crippen LogP contribution >= 0.6 is 0 Å². The van der Waals surface area contributed by atoms with Crippen molar-refractivity contribution in [3.05, 3.63) is 24.0 Å². The van der Waals surface area contributed by atoms with Crippen LogP contribution in [0.1, 0.15) is 26.2 Å². The summed E-state index contributed by atoms with van der Waals surface area (Å²) in [6.45, 7) is 6.88. The molecule has 0 aromatic carbocycles. The fourth-order valence-corrected chi connectivity index (χ4v) is 0.988. The van der Waals surface area contributed by atoms with Crippen LogP contribution in [0.2, 0.25) is 0 Å². The maximum absolute atomic E-state index is 5.33. The Labute approximate surface area is 62.4 Å². The largest absolute Gasteiger partial charge is 0.493 e. The Kier molecular flexibility index (Phi) is 2.55. The van der Waals surface area contributed by atoms with Crippen molar-refractivity contribution >= 4 is 0 Å². The molecule has 10 heavy (non-hydrogen) atoms. The number of hydrogen-bond acceptors (Lipinski definition) is 1. The van der Waals surface area contributed by atoms with Gasteiger partial charge < -0.3 is 4.74 Å². The second-order valence-corrected chi connectivity index (χ2v) is 2.56. The highest BCUT2D eigenvalue weighted by molar-refractivity contribution is 5.25. The van der Waals surface area contributed by atoms with Crippen molar-refractivity contribution < 1.29 is 4.74 Å². The van der Waals surface area contributed by atoms with E-state index in [1.54, 1.807) is 0 Å². The topological polar surface area (TPSA) is 9.23 Å². The van der Waals surface area contributed by atoms with Crippen molar-refractivity contribution in [2.24, 2.45) is 0 Å². The van der Waals surface area contributed by atoms with Crippen LogP contribution < -0.4 is 0 Å². The molecule has 56 valence electrons. The molecule has 0 saturated carbocycles. The van der Waals surface area contributed by atoms with E-state index in [4.69, 9.17) is 4.74 Å². The second-order valence-electron chi connectivity index (χ2n) is 2.56. The Balaban J connectivity index is 2.46. The van der Waals surface area contributed by atoms with Crippen LogP contribution in [-0.2, 0) is 4.74 Å². The molecular formula is C9H14O. The van der Waals surface area contributed by atoms with Crippen LogP contribution in [-0.4, -0.2) is 6.61 Å². The molecule has 0 bridgehead atoms. The van der Waals surface area contributed by atoms with Crippen molar-refractivity contribution in [1.82, 2.24) is 0 Å². The molecule has 1 aliphatic rings. The molecule has 1 nitrogen and oxygen atoms in total. The van der Waals surface area contributed by atoms with E-state index < -0.39 is 0 Å². The molecule has 1 heterocycles. The van der Waals surface area contributed by atoms with E-state index >= 15 is 0 Å². The van der Waals surface area contributed by atoms with Crippen LogP contribution in [0.4, 0.5) is 0 Å². The molecule has 1 aliphatic heterocycles. The van der Waals surface area contributed by atoms with Crippen LogP contribution in [0, 0.1) is 0 Å². The lowest BCUT2D eigenvalue weighted by molar-refractivity contribution is 0.264. The van der Waals surface area contributed by atoms with E-state index in [2.05, 4.69) is 19.6 Å². The molecule has 0 atom stereocenters. The van der Waals surface area contributed by atoms with Gasteiger partial charge in [-0.1, -0.05) is 19.9 Å². The zero-order chi connectivity index (χ0) is 7.40. The van der Waals surface area contributed by atoms with Crippen molar-refractivity contribution in [1.29, 1.82) is 0 Å². The lowest BCUT2D eigenvalue weighted by Gasteiger charge is -1.96. The van der Waals surface area contributed by atoms with Crippen molar-refractivity contribution in [2.45, 2.75) is 26.2 Å². The third kappa shape index (κ3) is 1.63. The van der Waals surface area contributed by atoms with Gasteiger partial charge in [-0.25, -0.2) is 0 Å². The maximum atomic E-state index is 5.33. The van der Waals surface area contributed by atoms with Crippen LogP contribution in [0.5, 0.6) is 0 Å². The first-order chi connectivity index (χ1) is 4.84. The van der Waals surface area contributed by atoms with Gasteiger partial charge in [0.1, 0.15) is 5.76 Å². The fourth-order valence-electron chi connectivity index (χ4n) is 0.988. The van der Waals surface area contributed by atoms with E-state index in [9.17, 15) is 0 Å². The van der Waals surface area contributed by atoms with Gasteiger partial charge in [-0.05, 0) is 18.1 Å². The molecule has 0 unspecified atom stereocenters. The van der Waals surface area contributed by atoms with Gasteiger partial charge in [-0.15, -0.1) is 0 Å². The first kappa shape index (κ1) is 7.39. The third-order valence-electron chi connectivity index (χ3n) is 1.63. The smallest absolute Gasteiger partial charge is 0.118 e. The summed E-state index contributed by atoms with van der Waals surface area (Å²) in [6, 6.07) is 0. The summed E-state index contributed by atoms with van der Waals surface area (Å²) in [5, 5.41) is 0. The van der Waals surface area contributed by atoms with Gasteiger partial charge in [0.25, 0.3) is 0 Å². The lowest BCUT2D eigenvalue weighted by atomic mass is 10.2. The highest BCUT2D eigenvalue weighted by Crippen LogP contribution is 2.21. The Hall–Kier alpha value is -0.720. The SMILES string of the molecule is C=C1CCO/C1=C/CCC. The average molecular weight is 138 g/mol. The molecule has 0 spiro atoms. The summed E-state index contributed by atoms with van der Waals surface area (Å²) in [6.07, 6.45) is 5.43. The first-order valence-electron chi connectivity index (χ1n) is 3.85. The molecular weight excluding hydrogens is 124 g/mol. The second kappa shape index (κ2) is 3.45. The highest BCUT2D eigenvalue weighted by Gasteiger charge is 2.10.